The lowest BCUT2D eigenvalue weighted by Gasteiger charge is -2.39. The SMILES string of the molecule is CC(C)(C)[C@@H]1CC[C@@H]2C(=O)c3[nH]c4ccccc4c3[C@@H]2C1. The van der Waals surface area contributed by atoms with Gasteiger partial charge in [0.15, 0.2) is 5.78 Å². The maximum Gasteiger partial charge on any atom is 0.183 e. The molecule has 0 unspecified atom stereocenters. The summed E-state index contributed by atoms with van der Waals surface area (Å²) in [5.41, 5.74) is 3.67. The topological polar surface area (TPSA) is 32.9 Å². The first kappa shape index (κ1) is 13.1. The summed E-state index contributed by atoms with van der Waals surface area (Å²) in [7, 11) is 0. The van der Waals surface area contributed by atoms with E-state index >= 15 is 0 Å². The van der Waals surface area contributed by atoms with Crippen LogP contribution in [0.25, 0.3) is 10.9 Å². The minimum atomic E-state index is 0.231. The fourth-order valence-electron chi connectivity index (χ4n) is 4.52. The van der Waals surface area contributed by atoms with E-state index in [9.17, 15) is 4.79 Å². The van der Waals surface area contributed by atoms with Crippen LogP contribution in [-0.2, 0) is 0 Å². The van der Waals surface area contributed by atoms with Crippen LogP contribution in [-0.4, -0.2) is 10.8 Å². The molecular formula is C19H23NO. The van der Waals surface area contributed by atoms with Crippen molar-refractivity contribution in [1.82, 2.24) is 4.98 Å². The van der Waals surface area contributed by atoms with E-state index in [1.54, 1.807) is 0 Å². The van der Waals surface area contributed by atoms with Gasteiger partial charge >= 0.3 is 0 Å². The van der Waals surface area contributed by atoms with Crippen molar-refractivity contribution in [3.63, 3.8) is 0 Å². The maximum absolute atomic E-state index is 12.7. The molecule has 1 aromatic heterocycles. The van der Waals surface area contributed by atoms with E-state index in [1.807, 2.05) is 6.07 Å². The summed E-state index contributed by atoms with van der Waals surface area (Å²) in [4.78, 5) is 16.1. The lowest BCUT2D eigenvalue weighted by atomic mass is 9.65. The van der Waals surface area contributed by atoms with Crippen molar-refractivity contribution in [2.75, 3.05) is 0 Å². The first-order chi connectivity index (χ1) is 9.97. The monoisotopic (exact) mass is 281 g/mol. The largest absolute Gasteiger partial charge is 0.352 e. The van der Waals surface area contributed by atoms with E-state index in [4.69, 9.17) is 0 Å². The van der Waals surface area contributed by atoms with E-state index in [2.05, 4.69) is 44.0 Å². The summed E-state index contributed by atoms with van der Waals surface area (Å²) in [6, 6.07) is 8.37. The van der Waals surface area contributed by atoms with Crippen molar-refractivity contribution in [1.29, 1.82) is 0 Å². The number of carbonyl (C=O) groups is 1. The molecule has 2 heteroatoms. The van der Waals surface area contributed by atoms with Gasteiger partial charge in [-0.25, -0.2) is 0 Å². The Hall–Kier alpha value is -1.57. The van der Waals surface area contributed by atoms with E-state index in [0.29, 0.717) is 23.0 Å². The second-order valence-corrected chi connectivity index (χ2v) is 7.91. The Morgan fingerprint density at radius 3 is 2.62 bits per heavy atom. The molecule has 1 fully saturated rings. The molecule has 2 nitrogen and oxygen atoms in total. The van der Waals surface area contributed by atoms with Crippen LogP contribution < -0.4 is 0 Å². The molecule has 0 amide bonds. The Balaban J connectivity index is 1.82. The predicted molar refractivity (Wildman–Crippen MR) is 85.7 cm³/mol. The number of benzene rings is 1. The highest BCUT2D eigenvalue weighted by atomic mass is 16.1. The molecule has 1 heterocycles. The van der Waals surface area contributed by atoms with Gasteiger partial charge in [-0.2, -0.15) is 0 Å². The van der Waals surface area contributed by atoms with E-state index in [0.717, 1.165) is 24.1 Å². The van der Waals surface area contributed by atoms with Crippen LogP contribution in [0.1, 0.15) is 62.0 Å². The molecule has 0 aliphatic heterocycles. The van der Waals surface area contributed by atoms with Gasteiger partial charge in [0.1, 0.15) is 0 Å². The highest BCUT2D eigenvalue weighted by molar-refractivity contribution is 6.07. The lowest BCUT2D eigenvalue weighted by molar-refractivity contribution is 0.0812. The van der Waals surface area contributed by atoms with Gasteiger partial charge in [0.05, 0.1) is 5.69 Å². The third-order valence-electron chi connectivity index (χ3n) is 5.78. The van der Waals surface area contributed by atoms with Gasteiger partial charge in [-0.1, -0.05) is 39.0 Å². The molecule has 2 aliphatic carbocycles. The van der Waals surface area contributed by atoms with E-state index in [1.165, 1.54) is 17.4 Å². The number of para-hydroxylation sites is 1. The number of Topliss-reactive ketones (excluding diaryl/α,β-unsaturated/α-hetero) is 1. The Morgan fingerprint density at radius 1 is 1.10 bits per heavy atom. The van der Waals surface area contributed by atoms with Crippen LogP contribution in [0.2, 0.25) is 0 Å². The number of aromatic amines is 1. The molecule has 3 atom stereocenters. The summed E-state index contributed by atoms with van der Waals surface area (Å²) >= 11 is 0. The fourth-order valence-corrected chi connectivity index (χ4v) is 4.52. The number of rotatable bonds is 0. The van der Waals surface area contributed by atoms with E-state index < -0.39 is 0 Å². The third-order valence-corrected chi connectivity index (χ3v) is 5.78. The number of hydrogen-bond donors (Lipinski definition) is 1. The van der Waals surface area contributed by atoms with Crippen molar-refractivity contribution in [3.05, 3.63) is 35.5 Å². The molecule has 2 aromatic rings. The Morgan fingerprint density at radius 2 is 1.86 bits per heavy atom. The Bertz CT molecular complexity index is 719. The van der Waals surface area contributed by atoms with Crippen LogP contribution >= 0.6 is 0 Å². The molecule has 21 heavy (non-hydrogen) atoms. The van der Waals surface area contributed by atoms with Gasteiger partial charge in [0.2, 0.25) is 0 Å². The van der Waals surface area contributed by atoms with Crippen molar-refractivity contribution < 1.29 is 4.79 Å². The molecule has 4 rings (SSSR count). The zero-order valence-electron chi connectivity index (χ0n) is 13.1. The minimum absolute atomic E-state index is 0.231. The number of carbonyl (C=O) groups excluding carboxylic acids is 1. The maximum atomic E-state index is 12.7. The van der Waals surface area contributed by atoms with Gasteiger partial charge in [0, 0.05) is 16.8 Å². The molecule has 1 saturated carbocycles. The summed E-state index contributed by atoms with van der Waals surface area (Å²) in [5.74, 6) is 1.74. The van der Waals surface area contributed by atoms with Gasteiger partial charge in [-0.05, 0) is 48.1 Å². The van der Waals surface area contributed by atoms with Crippen molar-refractivity contribution in [2.45, 2.75) is 46.0 Å². The lowest BCUT2D eigenvalue weighted by Crippen LogP contribution is -2.30. The van der Waals surface area contributed by atoms with Gasteiger partial charge in [-0.15, -0.1) is 0 Å². The number of fused-ring (bicyclic) bond motifs is 5. The van der Waals surface area contributed by atoms with Gasteiger partial charge in [0.25, 0.3) is 0 Å². The van der Waals surface area contributed by atoms with Crippen LogP contribution in [0.3, 0.4) is 0 Å². The summed E-state index contributed by atoms with van der Waals surface area (Å²) in [6.07, 6.45) is 3.41. The predicted octanol–water partition coefficient (Wildman–Crippen LogP) is 4.91. The minimum Gasteiger partial charge on any atom is -0.352 e. The third kappa shape index (κ3) is 1.81. The molecular weight excluding hydrogens is 258 g/mol. The van der Waals surface area contributed by atoms with Gasteiger partial charge in [-0.3, -0.25) is 4.79 Å². The zero-order chi connectivity index (χ0) is 14.8. The van der Waals surface area contributed by atoms with Crippen molar-refractivity contribution in [3.8, 4) is 0 Å². The molecule has 110 valence electrons. The number of aromatic nitrogens is 1. The number of ketones is 1. The smallest absolute Gasteiger partial charge is 0.183 e. The first-order valence-electron chi connectivity index (χ1n) is 8.11. The molecule has 1 N–H and O–H groups in total. The normalized spacial score (nSPS) is 28.7. The van der Waals surface area contributed by atoms with Crippen molar-refractivity contribution >= 4 is 16.7 Å². The van der Waals surface area contributed by atoms with Gasteiger partial charge < -0.3 is 4.98 Å². The first-order valence-corrected chi connectivity index (χ1v) is 8.11. The van der Waals surface area contributed by atoms with Crippen LogP contribution in [0.4, 0.5) is 0 Å². The molecule has 0 saturated heterocycles. The van der Waals surface area contributed by atoms with Crippen LogP contribution in [0, 0.1) is 17.3 Å². The Labute approximate surface area is 125 Å². The molecule has 0 radical (unpaired) electrons. The van der Waals surface area contributed by atoms with Crippen LogP contribution in [0.15, 0.2) is 24.3 Å². The van der Waals surface area contributed by atoms with E-state index in [-0.39, 0.29) is 5.92 Å². The average Bonchev–Trinajstić information content (AvgIpc) is 2.95. The number of H-pyrrole nitrogens is 1. The second kappa shape index (κ2) is 4.22. The molecule has 0 spiro atoms. The average molecular weight is 281 g/mol. The van der Waals surface area contributed by atoms with Crippen molar-refractivity contribution in [2.24, 2.45) is 17.3 Å². The zero-order valence-corrected chi connectivity index (χ0v) is 13.1. The van der Waals surface area contributed by atoms with Crippen LogP contribution in [0.5, 0.6) is 0 Å². The summed E-state index contributed by atoms with van der Waals surface area (Å²) in [6.45, 7) is 7.01. The Kier molecular flexibility index (Phi) is 2.64. The standard InChI is InChI=1S/C19H23NO/c1-19(2,3)11-8-9-12-14(10-11)16-13-6-4-5-7-15(13)20-17(16)18(12)21/h4-7,11-12,14,20H,8-10H2,1-3H3/t11-,12+,14-/m1/s1. The second-order valence-electron chi connectivity index (χ2n) is 7.91. The fraction of sp³-hybridized carbons (Fsp3) is 0.526. The quantitative estimate of drug-likeness (QED) is 0.731. The molecule has 0 bridgehead atoms. The number of hydrogen-bond acceptors (Lipinski definition) is 1. The molecule has 2 aliphatic rings. The molecule has 1 aromatic carbocycles. The summed E-state index contributed by atoms with van der Waals surface area (Å²) < 4.78 is 0. The number of nitrogens with one attached hydrogen (secondary N) is 1. The highest BCUT2D eigenvalue weighted by Gasteiger charge is 2.47. The summed E-state index contributed by atoms with van der Waals surface area (Å²) in [5, 5.41) is 1.27. The highest BCUT2D eigenvalue weighted by Crippen LogP contribution is 2.53.